The van der Waals surface area contributed by atoms with Crippen LogP contribution in [0.3, 0.4) is 0 Å². The lowest BCUT2D eigenvalue weighted by molar-refractivity contribution is -0.382. The van der Waals surface area contributed by atoms with Crippen LogP contribution in [0.1, 0.15) is 13.3 Å². The molecule has 0 saturated heterocycles. The van der Waals surface area contributed by atoms with Crippen molar-refractivity contribution in [1.82, 2.24) is 4.98 Å². The van der Waals surface area contributed by atoms with Crippen molar-refractivity contribution in [2.45, 2.75) is 19.4 Å². The number of nitrogens with one attached hydrogen (secondary N) is 1. The van der Waals surface area contributed by atoms with Gasteiger partial charge in [0.1, 0.15) is 5.69 Å². The van der Waals surface area contributed by atoms with E-state index in [2.05, 4.69) is 17.2 Å². The average molecular weight is 291 g/mol. The van der Waals surface area contributed by atoms with Gasteiger partial charge in [0.15, 0.2) is 0 Å². The van der Waals surface area contributed by atoms with E-state index in [4.69, 9.17) is 0 Å². The smallest absolute Gasteiger partial charge is 0.301 e. The molecule has 5 nitrogen and oxygen atoms in total. The standard InChI is InChI=1S/C14H17N3O2S/c1-3-10(9-20-2)16-13-7-6-12-11(5-4-8-15-12)14(13)17(18)19/h4-8,10,16H,3,9H2,1-2H3. The van der Waals surface area contributed by atoms with Crippen molar-refractivity contribution in [3.8, 4) is 0 Å². The molecule has 1 atom stereocenters. The normalized spacial score (nSPS) is 12.3. The molecule has 0 fully saturated rings. The monoisotopic (exact) mass is 291 g/mol. The van der Waals surface area contributed by atoms with Gasteiger partial charge in [0.2, 0.25) is 0 Å². The highest BCUT2D eigenvalue weighted by Gasteiger charge is 2.20. The molecule has 0 bridgehead atoms. The molecule has 0 aliphatic heterocycles. The highest BCUT2D eigenvalue weighted by atomic mass is 32.2. The summed E-state index contributed by atoms with van der Waals surface area (Å²) in [6.07, 6.45) is 4.59. The van der Waals surface area contributed by atoms with E-state index < -0.39 is 0 Å². The summed E-state index contributed by atoms with van der Waals surface area (Å²) in [5.74, 6) is 0.915. The molecule has 106 valence electrons. The Kier molecular flexibility index (Phi) is 4.79. The lowest BCUT2D eigenvalue weighted by atomic mass is 10.1. The predicted molar refractivity (Wildman–Crippen MR) is 84.5 cm³/mol. The number of nitro benzene ring substituents is 1. The van der Waals surface area contributed by atoms with E-state index in [0.717, 1.165) is 12.2 Å². The minimum atomic E-state index is -0.335. The van der Waals surface area contributed by atoms with Gasteiger partial charge in [-0.2, -0.15) is 11.8 Å². The van der Waals surface area contributed by atoms with Gasteiger partial charge >= 0.3 is 5.69 Å². The maximum absolute atomic E-state index is 11.4. The van der Waals surface area contributed by atoms with Crippen LogP contribution in [0.2, 0.25) is 0 Å². The van der Waals surface area contributed by atoms with Crippen LogP contribution in [0.4, 0.5) is 11.4 Å². The second kappa shape index (κ2) is 6.56. The maximum atomic E-state index is 11.4. The van der Waals surface area contributed by atoms with E-state index in [0.29, 0.717) is 16.6 Å². The Bertz CT molecular complexity index is 618. The lowest BCUT2D eigenvalue weighted by Crippen LogP contribution is -2.21. The maximum Gasteiger partial charge on any atom is 0.301 e. The summed E-state index contributed by atoms with van der Waals surface area (Å²) in [6, 6.07) is 7.24. The number of pyridine rings is 1. The van der Waals surface area contributed by atoms with E-state index in [1.807, 2.05) is 12.3 Å². The summed E-state index contributed by atoms with van der Waals surface area (Å²) in [5.41, 5.74) is 1.31. The van der Waals surface area contributed by atoms with Crippen molar-refractivity contribution in [2.75, 3.05) is 17.3 Å². The summed E-state index contributed by atoms with van der Waals surface area (Å²) in [5, 5.41) is 15.2. The molecule has 1 N–H and O–H groups in total. The van der Waals surface area contributed by atoms with Crippen LogP contribution in [0.15, 0.2) is 30.5 Å². The second-order valence-electron chi connectivity index (χ2n) is 4.49. The van der Waals surface area contributed by atoms with Gasteiger partial charge in [-0.1, -0.05) is 6.92 Å². The highest BCUT2D eigenvalue weighted by Crippen LogP contribution is 2.33. The number of rotatable bonds is 6. The molecule has 1 aromatic carbocycles. The molecule has 2 rings (SSSR count). The first-order valence-electron chi connectivity index (χ1n) is 6.45. The van der Waals surface area contributed by atoms with Gasteiger partial charge in [-0.25, -0.2) is 0 Å². The van der Waals surface area contributed by atoms with Gasteiger partial charge in [0.05, 0.1) is 15.8 Å². The van der Waals surface area contributed by atoms with Crippen LogP contribution in [-0.2, 0) is 0 Å². The molecule has 0 aliphatic rings. The molecule has 6 heteroatoms. The molecule has 1 unspecified atom stereocenters. The van der Waals surface area contributed by atoms with Crippen molar-refractivity contribution >= 4 is 34.0 Å². The molecular formula is C14H17N3O2S. The van der Waals surface area contributed by atoms with E-state index in [-0.39, 0.29) is 16.7 Å². The van der Waals surface area contributed by atoms with Crippen LogP contribution in [0.25, 0.3) is 10.9 Å². The fraction of sp³-hybridized carbons (Fsp3) is 0.357. The number of aromatic nitrogens is 1. The molecule has 20 heavy (non-hydrogen) atoms. The number of anilines is 1. The van der Waals surface area contributed by atoms with Gasteiger partial charge in [-0.3, -0.25) is 15.1 Å². The molecule has 0 saturated carbocycles. The van der Waals surface area contributed by atoms with E-state index >= 15 is 0 Å². The largest absolute Gasteiger partial charge is 0.376 e. The van der Waals surface area contributed by atoms with Crippen molar-refractivity contribution in [3.63, 3.8) is 0 Å². The van der Waals surface area contributed by atoms with Gasteiger partial charge in [0.25, 0.3) is 0 Å². The van der Waals surface area contributed by atoms with Crippen LogP contribution < -0.4 is 5.32 Å². The Morgan fingerprint density at radius 2 is 2.25 bits per heavy atom. The van der Waals surface area contributed by atoms with Gasteiger partial charge in [-0.15, -0.1) is 0 Å². The highest BCUT2D eigenvalue weighted by molar-refractivity contribution is 7.98. The zero-order chi connectivity index (χ0) is 14.5. The van der Waals surface area contributed by atoms with Gasteiger partial charge in [0, 0.05) is 18.0 Å². The number of hydrogen-bond acceptors (Lipinski definition) is 5. The van der Waals surface area contributed by atoms with Crippen molar-refractivity contribution in [2.24, 2.45) is 0 Å². The number of hydrogen-bond donors (Lipinski definition) is 1. The fourth-order valence-corrected chi connectivity index (χ4v) is 2.85. The molecule has 1 aromatic heterocycles. The quantitative estimate of drug-likeness (QED) is 0.649. The fourth-order valence-electron chi connectivity index (χ4n) is 2.13. The van der Waals surface area contributed by atoms with Crippen LogP contribution >= 0.6 is 11.8 Å². The van der Waals surface area contributed by atoms with Crippen LogP contribution in [0.5, 0.6) is 0 Å². The van der Waals surface area contributed by atoms with Gasteiger partial charge < -0.3 is 5.32 Å². The SMILES string of the molecule is CCC(CSC)Nc1ccc2ncccc2c1[N+](=O)[O-]. The number of fused-ring (bicyclic) bond motifs is 1. The van der Waals surface area contributed by atoms with E-state index in [1.54, 1.807) is 36.2 Å². The predicted octanol–water partition coefficient (Wildman–Crippen LogP) is 3.70. The topological polar surface area (TPSA) is 68.1 Å². The third kappa shape index (κ3) is 3.01. The zero-order valence-electron chi connectivity index (χ0n) is 11.5. The van der Waals surface area contributed by atoms with Crippen LogP contribution in [0, 0.1) is 10.1 Å². The first-order chi connectivity index (χ1) is 9.67. The number of nitrogens with zero attached hydrogens (tertiary/aromatic N) is 2. The van der Waals surface area contributed by atoms with E-state index in [1.165, 1.54) is 0 Å². The third-order valence-electron chi connectivity index (χ3n) is 3.16. The summed E-state index contributed by atoms with van der Waals surface area (Å²) in [7, 11) is 0. The molecule has 2 aromatic rings. The summed E-state index contributed by atoms with van der Waals surface area (Å²) >= 11 is 1.73. The Labute approximate surface area is 121 Å². The van der Waals surface area contributed by atoms with Crippen molar-refractivity contribution < 1.29 is 4.92 Å². The molecule has 1 heterocycles. The summed E-state index contributed by atoms with van der Waals surface area (Å²) < 4.78 is 0. The Hall–Kier alpha value is -1.82. The minimum absolute atomic E-state index is 0.107. The number of benzene rings is 1. The number of thioether (sulfide) groups is 1. The number of nitro groups is 1. The molecular weight excluding hydrogens is 274 g/mol. The first-order valence-corrected chi connectivity index (χ1v) is 7.84. The molecule has 0 aliphatic carbocycles. The summed E-state index contributed by atoms with van der Waals surface area (Å²) in [6.45, 7) is 2.07. The minimum Gasteiger partial charge on any atom is -0.376 e. The molecule has 0 radical (unpaired) electrons. The Morgan fingerprint density at radius 3 is 2.90 bits per heavy atom. The first kappa shape index (κ1) is 14.6. The zero-order valence-corrected chi connectivity index (χ0v) is 12.3. The second-order valence-corrected chi connectivity index (χ2v) is 5.40. The van der Waals surface area contributed by atoms with Crippen molar-refractivity contribution in [1.29, 1.82) is 0 Å². The third-order valence-corrected chi connectivity index (χ3v) is 3.90. The molecule has 0 spiro atoms. The van der Waals surface area contributed by atoms with Gasteiger partial charge in [-0.05, 0) is 36.9 Å². The van der Waals surface area contributed by atoms with Crippen LogP contribution in [-0.4, -0.2) is 28.0 Å². The van der Waals surface area contributed by atoms with E-state index in [9.17, 15) is 10.1 Å². The summed E-state index contributed by atoms with van der Waals surface area (Å²) in [4.78, 5) is 15.2. The molecule has 0 amide bonds. The van der Waals surface area contributed by atoms with Crippen molar-refractivity contribution in [3.05, 3.63) is 40.6 Å². The lowest BCUT2D eigenvalue weighted by Gasteiger charge is -2.17. The Morgan fingerprint density at radius 1 is 1.45 bits per heavy atom. The Balaban J connectivity index is 2.47. The average Bonchev–Trinajstić information content (AvgIpc) is 2.46.